The Balaban J connectivity index is 2.75. The molecule has 0 aliphatic carbocycles. The third-order valence-corrected chi connectivity index (χ3v) is 8.57. The normalized spacial score (nSPS) is 15.3. The van der Waals surface area contributed by atoms with Gasteiger partial charge in [-0.3, -0.25) is 0 Å². The van der Waals surface area contributed by atoms with Crippen LogP contribution in [0.1, 0.15) is 6.92 Å². The highest BCUT2D eigenvalue weighted by Gasteiger charge is 2.09. The highest BCUT2D eigenvalue weighted by atomic mass is 35.5. The van der Waals surface area contributed by atoms with E-state index in [9.17, 15) is 0 Å². The van der Waals surface area contributed by atoms with Crippen LogP contribution in [0.2, 0.25) is 5.02 Å². The topological polar surface area (TPSA) is 0 Å². The molecular formula is C8H10ClPS3. The van der Waals surface area contributed by atoms with E-state index in [2.05, 4.69) is 19.2 Å². The third-order valence-electron chi connectivity index (χ3n) is 1.46. The van der Waals surface area contributed by atoms with E-state index in [-0.39, 0.29) is 0 Å². The zero-order chi connectivity index (χ0) is 9.90. The van der Waals surface area contributed by atoms with Crippen molar-refractivity contribution in [2.75, 3.05) is 6.16 Å². The van der Waals surface area contributed by atoms with Crippen LogP contribution in [0.4, 0.5) is 0 Å². The number of halogens is 1. The number of thiol groups is 1. The summed E-state index contributed by atoms with van der Waals surface area (Å²) in [4.78, 5) is 1.16. The Labute approximate surface area is 98.4 Å². The van der Waals surface area contributed by atoms with Crippen LogP contribution in [-0.4, -0.2) is 6.16 Å². The lowest BCUT2D eigenvalue weighted by Gasteiger charge is -2.11. The molecule has 0 N–H and O–H groups in total. The number of benzene rings is 1. The second kappa shape index (κ2) is 5.09. The van der Waals surface area contributed by atoms with Gasteiger partial charge in [0.25, 0.3) is 0 Å². The molecule has 0 aliphatic rings. The predicted molar refractivity (Wildman–Crippen MR) is 71.1 cm³/mol. The molecule has 0 spiro atoms. The van der Waals surface area contributed by atoms with E-state index in [1.54, 1.807) is 11.4 Å². The minimum absolute atomic E-state index is 0.758. The maximum absolute atomic E-state index is 5.77. The molecule has 1 atom stereocenters. The molecule has 1 unspecified atom stereocenters. The summed E-state index contributed by atoms with van der Waals surface area (Å²) >= 11 is 17.3. The quantitative estimate of drug-likeness (QED) is 0.624. The van der Waals surface area contributed by atoms with Crippen molar-refractivity contribution < 1.29 is 0 Å². The fraction of sp³-hybridized carbons (Fsp3) is 0.250. The first-order valence-corrected chi connectivity index (χ1v) is 9.74. The summed E-state index contributed by atoms with van der Waals surface area (Å²) in [6.45, 7) is 2.08. The van der Waals surface area contributed by atoms with Crippen molar-refractivity contribution >= 4 is 51.5 Å². The third kappa shape index (κ3) is 4.26. The summed E-state index contributed by atoms with van der Waals surface area (Å²) in [5.41, 5.74) is 0. The lowest BCUT2D eigenvalue weighted by atomic mass is 10.4. The van der Waals surface area contributed by atoms with Crippen LogP contribution in [-0.2, 0) is 11.8 Å². The van der Waals surface area contributed by atoms with Crippen LogP contribution in [0, 0.1) is 0 Å². The van der Waals surface area contributed by atoms with Gasteiger partial charge in [0.15, 0.2) is 0 Å². The van der Waals surface area contributed by atoms with E-state index in [0.717, 1.165) is 16.1 Å². The molecule has 0 saturated heterocycles. The average Bonchev–Trinajstić information content (AvgIpc) is 2.09. The molecule has 0 fully saturated rings. The van der Waals surface area contributed by atoms with Gasteiger partial charge in [0.05, 0.1) is 4.44 Å². The average molecular weight is 269 g/mol. The van der Waals surface area contributed by atoms with Gasteiger partial charge in [-0.15, -0.1) is 12.2 Å². The Bertz CT molecular complexity index is 323. The van der Waals surface area contributed by atoms with E-state index in [1.165, 1.54) is 0 Å². The zero-order valence-corrected chi connectivity index (χ0v) is 11.3. The summed E-state index contributed by atoms with van der Waals surface area (Å²) in [6, 6.07) is 7.73. The second-order valence-electron chi connectivity index (χ2n) is 2.50. The van der Waals surface area contributed by atoms with E-state index in [1.807, 2.05) is 24.3 Å². The predicted octanol–water partition coefficient (Wildman–Crippen LogP) is 4.69. The van der Waals surface area contributed by atoms with Gasteiger partial charge in [0, 0.05) is 9.92 Å². The molecule has 0 amide bonds. The smallest absolute Gasteiger partial charge is 0.0586 e. The number of hydrogen-bond donors (Lipinski definition) is 1. The van der Waals surface area contributed by atoms with Gasteiger partial charge in [0.2, 0.25) is 0 Å². The Morgan fingerprint density at radius 2 is 2.00 bits per heavy atom. The SMILES string of the molecule is CCP(=S)(S)Sc1ccc(Cl)cc1. The summed E-state index contributed by atoms with van der Waals surface area (Å²) in [6.07, 6.45) is 0.957. The Morgan fingerprint density at radius 3 is 2.46 bits per heavy atom. The van der Waals surface area contributed by atoms with Gasteiger partial charge in [-0.2, -0.15) is 0 Å². The lowest BCUT2D eigenvalue weighted by Crippen LogP contribution is -1.72. The van der Waals surface area contributed by atoms with Gasteiger partial charge in [0.1, 0.15) is 0 Å². The molecule has 13 heavy (non-hydrogen) atoms. The van der Waals surface area contributed by atoms with Gasteiger partial charge in [-0.25, -0.2) is 0 Å². The standard InChI is InChI=1S/C8H10ClPS3/c1-2-10(11,12)13-8-5-3-7(9)4-6-8/h3-6H,2H2,1H3,(H,11,12). The van der Waals surface area contributed by atoms with Crippen molar-refractivity contribution in [1.29, 1.82) is 0 Å². The Kier molecular flexibility index (Phi) is 4.67. The fourth-order valence-corrected chi connectivity index (χ4v) is 4.93. The number of rotatable bonds is 3. The van der Waals surface area contributed by atoms with Crippen molar-refractivity contribution in [2.45, 2.75) is 11.8 Å². The molecule has 0 bridgehead atoms. The van der Waals surface area contributed by atoms with Crippen molar-refractivity contribution in [3.8, 4) is 0 Å². The summed E-state index contributed by atoms with van der Waals surface area (Å²) < 4.78 is -1.51. The van der Waals surface area contributed by atoms with Crippen molar-refractivity contribution in [2.24, 2.45) is 0 Å². The molecule has 1 rings (SSSR count). The first-order chi connectivity index (χ1) is 6.03. The highest BCUT2D eigenvalue weighted by Crippen LogP contribution is 2.65. The van der Waals surface area contributed by atoms with Crippen LogP contribution in [0.5, 0.6) is 0 Å². The van der Waals surface area contributed by atoms with Crippen molar-refractivity contribution in [3.05, 3.63) is 29.3 Å². The molecule has 0 nitrogen and oxygen atoms in total. The first-order valence-electron chi connectivity index (χ1n) is 3.80. The minimum Gasteiger partial charge on any atom is -0.131 e. The molecule has 0 aliphatic heterocycles. The summed E-state index contributed by atoms with van der Waals surface area (Å²) in [5.74, 6) is 0. The van der Waals surface area contributed by atoms with Crippen LogP contribution in [0.25, 0.3) is 0 Å². The molecular weight excluding hydrogens is 259 g/mol. The van der Waals surface area contributed by atoms with Crippen LogP contribution < -0.4 is 0 Å². The maximum atomic E-state index is 5.77. The highest BCUT2D eigenvalue weighted by molar-refractivity contribution is 8.96. The molecule has 0 aromatic heterocycles. The fourth-order valence-electron chi connectivity index (χ4n) is 0.725. The molecule has 0 radical (unpaired) electrons. The Morgan fingerprint density at radius 1 is 1.46 bits per heavy atom. The van der Waals surface area contributed by atoms with E-state index in [0.29, 0.717) is 0 Å². The minimum atomic E-state index is -1.51. The summed E-state index contributed by atoms with van der Waals surface area (Å²) in [5, 5.41) is 0.758. The molecule has 1 aromatic carbocycles. The first kappa shape index (κ1) is 11.9. The van der Waals surface area contributed by atoms with Crippen LogP contribution >= 0.6 is 39.7 Å². The Hall–Kier alpha value is 0.860. The monoisotopic (exact) mass is 268 g/mol. The molecule has 0 saturated carbocycles. The second-order valence-corrected chi connectivity index (χ2v) is 14.2. The largest absolute Gasteiger partial charge is 0.131 e. The lowest BCUT2D eigenvalue weighted by molar-refractivity contribution is 1.47. The van der Waals surface area contributed by atoms with E-state index in [4.69, 9.17) is 23.4 Å². The van der Waals surface area contributed by atoms with Crippen molar-refractivity contribution in [1.82, 2.24) is 0 Å². The number of hydrogen-bond acceptors (Lipinski definition) is 2. The van der Waals surface area contributed by atoms with Crippen molar-refractivity contribution in [3.63, 3.8) is 0 Å². The van der Waals surface area contributed by atoms with Gasteiger partial charge in [-0.05, 0) is 30.4 Å². The van der Waals surface area contributed by atoms with Gasteiger partial charge < -0.3 is 0 Å². The molecule has 72 valence electrons. The molecule has 1 aromatic rings. The molecule has 5 heteroatoms. The maximum Gasteiger partial charge on any atom is 0.0586 e. The van der Waals surface area contributed by atoms with Crippen LogP contribution in [0.3, 0.4) is 0 Å². The van der Waals surface area contributed by atoms with E-state index >= 15 is 0 Å². The summed E-state index contributed by atoms with van der Waals surface area (Å²) in [7, 11) is 0. The van der Waals surface area contributed by atoms with E-state index < -0.39 is 4.44 Å². The molecule has 0 heterocycles. The zero-order valence-electron chi connectivity index (χ0n) is 7.11. The van der Waals surface area contributed by atoms with Gasteiger partial charge in [-0.1, -0.05) is 41.7 Å². The van der Waals surface area contributed by atoms with Gasteiger partial charge >= 0.3 is 0 Å². The van der Waals surface area contributed by atoms with Crippen LogP contribution in [0.15, 0.2) is 29.2 Å².